The molecule has 1 atom stereocenters. The van der Waals surface area contributed by atoms with Crippen molar-refractivity contribution in [2.75, 3.05) is 13.7 Å². The predicted octanol–water partition coefficient (Wildman–Crippen LogP) is 4.15. The Kier molecular flexibility index (Phi) is 4.18. The maximum atomic E-state index is 6.28. The normalized spacial score (nSPS) is 14.6. The molecule has 2 nitrogen and oxygen atoms in total. The molecule has 0 saturated heterocycles. The van der Waals surface area contributed by atoms with Crippen LogP contribution >= 0.6 is 11.6 Å². The lowest BCUT2D eigenvalue weighted by Gasteiger charge is -2.20. The minimum absolute atomic E-state index is 0.0986. The van der Waals surface area contributed by atoms with E-state index in [1.807, 2.05) is 19.2 Å². The van der Waals surface area contributed by atoms with Gasteiger partial charge in [-0.15, -0.1) is 0 Å². The highest BCUT2D eigenvalue weighted by Gasteiger charge is 2.23. The van der Waals surface area contributed by atoms with Gasteiger partial charge in [0.25, 0.3) is 0 Å². The molecule has 1 aliphatic rings. The first-order valence-corrected chi connectivity index (χ1v) is 7.82. The molecule has 2 aromatic rings. The molecule has 0 radical (unpaired) electrons. The minimum Gasteiger partial charge on any atom is -0.493 e. The summed E-state index contributed by atoms with van der Waals surface area (Å²) in [5.41, 5.74) is 4.92. The quantitative estimate of drug-likeness (QED) is 0.916. The molecule has 3 heteroatoms. The number of nitrogens with one attached hydrogen (secondary N) is 1. The van der Waals surface area contributed by atoms with Gasteiger partial charge in [-0.1, -0.05) is 42.8 Å². The van der Waals surface area contributed by atoms with E-state index in [0.717, 1.165) is 35.8 Å². The first-order chi connectivity index (χ1) is 10.2. The van der Waals surface area contributed by atoms with E-state index in [1.165, 1.54) is 16.7 Å². The Morgan fingerprint density at radius 3 is 2.67 bits per heavy atom. The highest BCUT2D eigenvalue weighted by Crippen LogP contribution is 2.38. The molecular weight excluding hydrogens is 282 g/mol. The summed E-state index contributed by atoms with van der Waals surface area (Å²) in [6.07, 6.45) is 1.99. The second-order valence-electron chi connectivity index (χ2n) is 5.40. The van der Waals surface area contributed by atoms with Crippen LogP contribution in [0, 0.1) is 0 Å². The number of aryl methyl sites for hydroxylation is 1. The van der Waals surface area contributed by atoms with E-state index < -0.39 is 0 Å². The summed E-state index contributed by atoms with van der Waals surface area (Å²) in [4.78, 5) is 0. The number of halogens is 1. The first-order valence-electron chi connectivity index (χ1n) is 7.44. The van der Waals surface area contributed by atoms with Gasteiger partial charge in [-0.05, 0) is 42.3 Å². The van der Waals surface area contributed by atoms with Crippen molar-refractivity contribution in [3.05, 3.63) is 63.7 Å². The summed E-state index contributed by atoms with van der Waals surface area (Å²) in [6.45, 7) is 2.91. The van der Waals surface area contributed by atoms with Crippen molar-refractivity contribution in [2.45, 2.75) is 25.8 Å². The van der Waals surface area contributed by atoms with E-state index in [1.54, 1.807) is 0 Å². The Morgan fingerprint density at radius 2 is 2.00 bits per heavy atom. The number of benzene rings is 2. The van der Waals surface area contributed by atoms with Crippen molar-refractivity contribution >= 4 is 11.6 Å². The lowest BCUT2D eigenvalue weighted by molar-refractivity contribution is 0.351. The molecule has 0 fully saturated rings. The summed E-state index contributed by atoms with van der Waals surface area (Å²) in [7, 11) is 1.97. The molecule has 110 valence electrons. The molecule has 2 aromatic carbocycles. The molecule has 0 amide bonds. The van der Waals surface area contributed by atoms with Gasteiger partial charge in [0.15, 0.2) is 0 Å². The van der Waals surface area contributed by atoms with Gasteiger partial charge >= 0.3 is 0 Å². The highest BCUT2D eigenvalue weighted by molar-refractivity contribution is 6.30. The van der Waals surface area contributed by atoms with Gasteiger partial charge in [0.2, 0.25) is 0 Å². The van der Waals surface area contributed by atoms with Crippen LogP contribution in [0.1, 0.15) is 35.2 Å². The van der Waals surface area contributed by atoms with Crippen molar-refractivity contribution in [2.24, 2.45) is 0 Å². The van der Waals surface area contributed by atoms with E-state index in [9.17, 15) is 0 Å². The lowest BCUT2D eigenvalue weighted by Crippen LogP contribution is -2.18. The van der Waals surface area contributed by atoms with E-state index in [-0.39, 0.29) is 6.04 Å². The number of rotatable bonds is 4. The second kappa shape index (κ2) is 6.08. The third-order valence-electron chi connectivity index (χ3n) is 4.10. The Balaban J connectivity index is 2.03. The summed E-state index contributed by atoms with van der Waals surface area (Å²) in [5.74, 6) is 0.998. The van der Waals surface area contributed by atoms with E-state index in [4.69, 9.17) is 16.3 Å². The molecule has 0 spiro atoms. The lowest BCUT2D eigenvalue weighted by atomic mass is 9.95. The van der Waals surface area contributed by atoms with Crippen molar-refractivity contribution < 1.29 is 4.74 Å². The smallest absolute Gasteiger partial charge is 0.127 e. The van der Waals surface area contributed by atoms with Crippen LogP contribution in [-0.2, 0) is 12.8 Å². The predicted molar refractivity (Wildman–Crippen MR) is 87.4 cm³/mol. The van der Waals surface area contributed by atoms with Crippen LogP contribution in [0.2, 0.25) is 5.02 Å². The summed E-state index contributed by atoms with van der Waals surface area (Å²) < 4.78 is 5.84. The standard InChI is InChI=1S/C18H20ClNO/c1-3-12-4-6-13(7-5-12)17(20-2)16-11-15(19)10-14-8-9-21-18(14)16/h4-7,10-11,17,20H,3,8-9H2,1-2H3. The molecule has 1 heterocycles. The Hall–Kier alpha value is -1.51. The summed E-state index contributed by atoms with van der Waals surface area (Å²) in [5, 5.41) is 4.17. The fraction of sp³-hybridized carbons (Fsp3) is 0.333. The maximum absolute atomic E-state index is 6.28. The molecular formula is C18H20ClNO. The average molecular weight is 302 g/mol. The van der Waals surface area contributed by atoms with E-state index >= 15 is 0 Å². The van der Waals surface area contributed by atoms with Gasteiger partial charge in [-0.25, -0.2) is 0 Å². The first kappa shape index (κ1) is 14.4. The maximum Gasteiger partial charge on any atom is 0.127 e. The number of ether oxygens (including phenoxy) is 1. The van der Waals surface area contributed by atoms with Crippen molar-refractivity contribution in [1.29, 1.82) is 0 Å². The zero-order chi connectivity index (χ0) is 14.8. The summed E-state index contributed by atoms with van der Waals surface area (Å²) in [6, 6.07) is 12.9. The zero-order valence-electron chi connectivity index (χ0n) is 12.4. The van der Waals surface area contributed by atoms with Crippen LogP contribution in [0.15, 0.2) is 36.4 Å². The fourth-order valence-corrected chi connectivity index (χ4v) is 3.21. The number of fused-ring (bicyclic) bond motifs is 1. The minimum atomic E-state index is 0.0986. The van der Waals surface area contributed by atoms with E-state index in [2.05, 4.69) is 36.5 Å². The van der Waals surface area contributed by atoms with Crippen molar-refractivity contribution in [3.63, 3.8) is 0 Å². The molecule has 0 saturated carbocycles. The molecule has 1 unspecified atom stereocenters. The van der Waals surface area contributed by atoms with Gasteiger partial charge in [0.05, 0.1) is 12.6 Å². The van der Waals surface area contributed by atoms with Crippen LogP contribution < -0.4 is 10.1 Å². The van der Waals surface area contributed by atoms with Crippen LogP contribution in [0.4, 0.5) is 0 Å². The van der Waals surface area contributed by atoms with Gasteiger partial charge in [-0.3, -0.25) is 0 Å². The largest absolute Gasteiger partial charge is 0.493 e. The third-order valence-corrected chi connectivity index (χ3v) is 4.32. The topological polar surface area (TPSA) is 21.3 Å². The average Bonchev–Trinajstić information content (AvgIpc) is 2.96. The molecule has 0 aromatic heterocycles. The van der Waals surface area contributed by atoms with Crippen molar-refractivity contribution in [1.82, 2.24) is 5.32 Å². The molecule has 3 rings (SSSR count). The van der Waals surface area contributed by atoms with Gasteiger partial charge in [0, 0.05) is 17.0 Å². The van der Waals surface area contributed by atoms with Gasteiger partial charge in [-0.2, -0.15) is 0 Å². The van der Waals surface area contributed by atoms with Crippen LogP contribution in [0.25, 0.3) is 0 Å². The van der Waals surface area contributed by atoms with Crippen LogP contribution in [0.5, 0.6) is 5.75 Å². The number of hydrogen-bond acceptors (Lipinski definition) is 2. The SMILES string of the molecule is CCc1ccc(C(NC)c2cc(Cl)cc3c2OCC3)cc1. The molecule has 1 N–H and O–H groups in total. The summed E-state index contributed by atoms with van der Waals surface area (Å²) >= 11 is 6.28. The number of hydrogen-bond donors (Lipinski definition) is 1. The fourth-order valence-electron chi connectivity index (χ4n) is 2.96. The van der Waals surface area contributed by atoms with Crippen LogP contribution in [-0.4, -0.2) is 13.7 Å². The molecule has 0 bridgehead atoms. The molecule has 0 aliphatic carbocycles. The zero-order valence-corrected chi connectivity index (χ0v) is 13.2. The third kappa shape index (κ3) is 2.78. The van der Waals surface area contributed by atoms with Gasteiger partial charge < -0.3 is 10.1 Å². The second-order valence-corrected chi connectivity index (χ2v) is 5.83. The Morgan fingerprint density at radius 1 is 1.24 bits per heavy atom. The van der Waals surface area contributed by atoms with Crippen LogP contribution in [0.3, 0.4) is 0 Å². The molecule has 1 aliphatic heterocycles. The Bertz CT molecular complexity index is 636. The molecule has 21 heavy (non-hydrogen) atoms. The Labute approximate surface area is 131 Å². The van der Waals surface area contributed by atoms with Crippen molar-refractivity contribution in [3.8, 4) is 5.75 Å². The highest BCUT2D eigenvalue weighted by atomic mass is 35.5. The van der Waals surface area contributed by atoms with E-state index in [0.29, 0.717) is 0 Å². The van der Waals surface area contributed by atoms with Gasteiger partial charge in [0.1, 0.15) is 5.75 Å². The monoisotopic (exact) mass is 301 g/mol.